The van der Waals surface area contributed by atoms with Gasteiger partial charge in [-0.2, -0.15) is 0 Å². The van der Waals surface area contributed by atoms with Gasteiger partial charge in [-0.05, 0) is 65.2 Å². The SMILES string of the molecule is C/C(=C\CC/C(C)=C/CO)CCC=C1CCCCC1. The number of hydrogen-bond acceptors (Lipinski definition) is 1. The van der Waals surface area contributed by atoms with Gasteiger partial charge in [-0.1, -0.05) is 41.4 Å². The van der Waals surface area contributed by atoms with Gasteiger partial charge in [0.05, 0.1) is 6.61 Å². The second-order valence-corrected chi connectivity index (χ2v) is 5.78. The fourth-order valence-electron chi connectivity index (χ4n) is 2.62. The second-order valence-electron chi connectivity index (χ2n) is 5.78. The Morgan fingerprint density at radius 2 is 1.58 bits per heavy atom. The summed E-state index contributed by atoms with van der Waals surface area (Å²) < 4.78 is 0. The van der Waals surface area contributed by atoms with Gasteiger partial charge in [0.15, 0.2) is 0 Å². The molecule has 0 unspecified atom stereocenters. The second kappa shape index (κ2) is 10.0. The van der Waals surface area contributed by atoms with Gasteiger partial charge in [0, 0.05) is 0 Å². The van der Waals surface area contributed by atoms with E-state index in [1.807, 2.05) is 6.08 Å². The first kappa shape index (κ1) is 16.2. The van der Waals surface area contributed by atoms with E-state index >= 15 is 0 Å². The predicted molar refractivity (Wildman–Crippen MR) is 84.2 cm³/mol. The number of hydrogen-bond donors (Lipinski definition) is 1. The highest BCUT2D eigenvalue weighted by atomic mass is 16.2. The van der Waals surface area contributed by atoms with Crippen LogP contribution >= 0.6 is 0 Å². The Balaban J connectivity index is 2.19. The fraction of sp³-hybridized carbons (Fsp3) is 0.667. The Bertz CT molecular complexity index is 326. The lowest BCUT2D eigenvalue weighted by molar-refractivity contribution is 0.341. The van der Waals surface area contributed by atoms with Gasteiger partial charge in [0.25, 0.3) is 0 Å². The van der Waals surface area contributed by atoms with Gasteiger partial charge in [0.1, 0.15) is 0 Å². The van der Waals surface area contributed by atoms with Crippen LogP contribution in [0.4, 0.5) is 0 Å². The molecule has 0 aromatic rings. The highest BCUT2D eigenvalue weighted by Gasteiger charge is 2.03. The molecule has 1 saturated carbocycles. The summed E-state index contributed by atoms with van der Waals surface area (Å²) in [6.07, 6.45) is 18.2. The van der Waals surface area contributed by atoms with Gasteiger partial charge in [-0.25, -0.2) is 0 Å². The maximum absolute atomic E-state index is 8.79. The minimum atomic E-state index is 0.169. The van der Waals surface area contributed by atoms with E-state index in [0.29, 0.717) is 0 Å². The van der Waals surface area contributed by atoms with Crippen molar-refractivity contribution < 1.29 is 5.11 Å². The summed E-state index contributed by atoms with van der Waals surface area (Å²) in [6, 6.07) is 0. The summed E-state index contributed by atoms with van der Waals surface area (Å²) >= 11 is 0. The van der Waals surface area contributed by atoms with Crippen LogP contribution in [0, 0.1) is 0 Å². The van der Waals surface area contributed by atoms with Crippen LogP contribution in [-0.2, 0) is 0 Å². The van der Waals surface area contributed by atoms with Crippen molar-refractivity contribution >= 4 is 0 Å². The fourth-order valence-corrected chi connectivity index (χ4v) is 2.62. The van der Waals surface area contributed by atoms with Crippen molar-refractivity contribution in [2.75, 3.05) is 6.61 Å². The molecule has 0 amide bonds. The summed E-state index contributed by atoms with van der Waals surface area (Å²) in [4.78, 5) is 0. The molecule has 1 fully saturated rings. The van der Waals surface area contributed by atoms with Crippen LogP contribution in [0.5, 0.6) is 0 Å². The van der Waals surface area contributed by atoms with Crippen molar-refractivity contribution in [3.05, 3.63) is 34.9 Å². The molecule has 0 saturated heterocycles. The van der Waals surface area contributed by atoms with Crippen molar-refractivity contribution in [3.63, 3.8) is 0 Å². The molecular weight excluding hydrogens is 232 g/mol. The lowest BCUT2D eigenvalue weighted by Crippen LogP contribution is -1.93. The molecule has 0 spiro atoms. The van der Waals surface area contributed by atoms with Crippen LogP contribution in [0.3, 0.4) is 0 Å². The number of aliphatic hydroxyl groups excluding tert-OH is 1. The third-order valence-electron chi connectivity index (χ3n) is 3.94. The van der Waals surface area contributed by atoms with Crippen LogP contribution < -0.4 is 0 Å². The zero-order valence-electron chi connectivity index (χ0n) is 12.8. The van der Waals surface area contributed by atoms with Gasteiger partial charge < -0.3 is 5.11 Å². The summed E-state index contributed by atoms with van der Waals surface area (Å²) in [5.74, 6) is 0. The smallest absolute Gasteiger partial charge is 0.0614 e. The van der Waals surface area contributed by atoms with E-state index < -0.39 is 0 Å². The molecule has 1 aliphatic rings. The largest absolute Gasteiger partial charge is 0.392 e. The average molecular weight is 262 g/mol. The molecule has 0 heterocycles. The molecule has 0 bridgehead atoms. The van der Waals surface area contributed by atoms with E-state index in [4.69, 9.17) is 5.11 Å². The topological polar surface area (TPSA) is 20.2 Å². The molecule has 1 rings (SSSR count). The first-order chi connectivity index (χ1) is 9.22. The lowest BCUT2D eigenvalue weighted by Gasteiger charge is -2.13. The van der Waals surface area contributed by atoms with E-state index in [0.717, 1.165) is 12.8 Å². The summed E-state index contributed by atoms with van der Waals surface area (Å²) in [5.41, 5.74) is 4.49. The minimum Gasteiger partial charge on any atom is -0.392 e. The van der Waals surface area contributed by atoms with Crippen molar-refractivity contribution in [1.29, 1.82) is 0 Å². The van der Waals surface area contributed by atoms with E-state index in [1.165, 1.54) is 56.1 Å². The average Bonchev–Trinajstić information content (AvgIpc) is 2.40. The number of allylic oxidation sites excluding steroid dienone is 5. The van der Waals surface area contributed by atoms with Gasteiger partial charge >= 0.3 is 0 Å². The van der Waals surface area contributed by atoms with Crippen molar-refractivity contribution in [2.45, 2.75) is 71.6 Å². The zero-order chi connectivity index (χ0) is 13.9. The Morgan fingerprint density at radius 3 is 2.26 bits per heavy atom. The van der Waals surface area contributed by atoms with Crippen molar-refractivity contribution in [2.24, 2.45) is 0 Å². The van der Waals surface area contributed by atoms with Crippen molar-refractivity contribution in [1.82, 2.24) is 0 Å². The van der Waals surface area contributed by atoms with E-state index in [1.54, 1.807) is 5.57 Å². The molecule has 1 aliphatic carbocycles. The van der Waals surface area contributed by atoms with Gasteiger partial charge in [-0.15, -0.1) is 0 Å². The first-order valence-corrected chi connectivity index (χ1v) is 7.82. The third kappa shape index (κ3) is 8.05. The molecule has 0 radical (unpaired) electrons. The minimum absolute atomic E-state index is 0.169. The van der Waals surface area contributed by atoms with Crippen molar-refractivity contribution in [3.8, 4) is 0 Å². The third-order valence-corrected chi connectivity index (χ3v) is 3.94. The molecular formula is C18H30O. The monoisotopic (exact) mass is 262 g/mol. The van der Waals surface area contributed by atoms with Crippen LogP contribution in [-0.4, -0.2) is 11.7 Å². The molecule has 19 heavy (non-hydrogen) atoms. The van der Waals surface area contributed by atoms with E-state index in [9.17, 15) is 0 Å². The normalized spacial score (nSPS) is 17.7. The molecule has 0 aliphatic heterocycles. The number of aliphatic hydroxyl groups is 1. The quantitative estimate of drug-likeness (QED) is 0.615. The summed E-state index contributed by atoms with van der Waals surface area (Å²) in [7, 11) is 0. The van der Waals surface area contributed by atoms with Crippen LogP contribution in [0.15, 0.2) is 34.9 Å². The van der Waals surface area contributed by atoms with E-state index in [2.05, 4.69) is 26.0 Å². The lowest BCUT2D eigenvalue weighted by atomic mass is 9.93. The molecule has 1 nitrogen and oxygen atoms in total. The molecule has 108 valence electrons. The molecule has 0 aromatic heterocycles. The molecule has 1 N–H and O–H groups in total. The Morgan fingerprint density at radius 1 is 0.947 bits per heavy atom. The molecule has 1 heteroatoms. The van der Waals surface area contributed by atoms with Crippen LogP contribution in [0.25, 0.3) is 0 Å². The van der Waals surface area contributed by atoms with Gasteiger partial charge in [0.2, 0.25) is 0 Å². The maximum Gasteiger partial charge on any atom is 0.0614 e. The standard InChI is InChI=1S/C18H30O/c1-16(8-6-9-17(2)14-15-19)10-7-13-18-11-4-3-5-12-18/h8,13-14,19H,3-7,9-12,15H2,1-2H3/b16-8+,17-14+. The van der Waals surface area contributed by atoms with Crippen LogP contribution in [0.2, 0.25) is 0 Å². The summed E-state index contributed by atoms with van der Waals surface area (Å²) in [5, 5.41) is 8.79. The van der Waals surface area contributed by atoms with E-state index in [-0.39, 0.29) is 6.61 Å². The highest BCUT2D eigenvalue weighted by Crippen LogP contribution is 2.23. The molecule has 0 aromatic carbocycles. The number of rotatable bonds is 7. The Kier molecular flexibility index (Phi) is 8.57. The summed E-state index contributed by atoms with van der Waals surface area (Å²) in [6.45, 7) is 4.50. The maximum atomic E-state index is 8.79. The molecule has 0 atom stereocenters. The highest BCUT2D eigenvalue weighted by molar-refractivity contribution is 5.08. The zero-order valence-corrected chi connectivity index (χ0v) is 12.8. The Hall–Kier alpha value is -0.820. The first-order valence-electron chi connectivity index (χ1n) is 7.82. The van der Waals surface area contributed by atoms with Gasteiger partial charge in [-0.3, -0.25) is 0 Å². The predicted octanol–water partition coefficient (Wildman–Crippen LogP) is 5.32. The van der Waals surface area contributed by atoms with Crippen LogP contribution in [0.1, 0.15) is 71.6 Å². The Labute approximate surface area is 119 Å².